The first-order valence-electron chi connectivity index (χ1n) is 22.7. The molecule has 67 heavy (non-hydrogen) atoms. The molecule has 13 aromatic rings. The lowest BCUT2D eigenvalue weighted by atomic mass is 9.67. The Balaban J connectivity index is 0.969. The van der Waals surface area contributed by atoms with Crippen LogP contribution in [0.15, 0.2) is 233 Å². The number of fused-ring (bicyclic) bond motifs is 11. The van der Waals surface area contributed by atoms with Gasteiger partial charge in [0.25, 0.3) is 0 Å². The second kappa shape index (κ2) is 14.5. The van der Waals surface area contributed by atoms with Gasteiger partial charge < -0.3 is 8.83 Å². The quantitative estimate of drug-likeness (QED) is 0.167. The molecular weight excluding hydrogens is 819 g/mol. The van der Waals surface area contributed by atoms with Crippen LogP contribution in [-0.4, -0.2) is 15.0 Å². The van der Waals surface area contributed by atoms with Gasteiger partial charge in [0.05, 0.1) is 5.41 Å². The minimum atomic E-state index is -0.567. The van der Waals surface area contributed by atoms with Gasteiger partial charge in [0.15, 0.2) is 17.5 Å². The highest BCUT2D eigenvalue weighted by atomic mass is 16.3. The molecule has 0 aliphatic heterocycles. The molecule has 0 unspecified atom stereocenters. The summed E-state index contributed by atoms with van der Waals surface area (Å²) in [7, 11) is 0. The number of aromatic nitrogens is 3. The standard InChI is InChI=1S/C62H37N3O2/c1-3-17-39(18-4-1)59-63-60(41-19-13-22-43(36-41)62(42-20-5-2-6-21-42)51-28-11-9-24-46(51)47-25-10-12-29-52(47)62)65-61(64-59)49-27-15-30-54-57(49)50-37-40(33-35-53(50)66-54)44-26-14-31-55-56(44)48-34-32-38-16-7-8-23-45(38)58(48)67-55/h1-37H. The van der Waals surface area contributed by atoms with Crippen LogP contribution in [0.1, 0.15) is 22.3 Å². The van der Waals surface area contributed by atoms with Crippen molar-refractivity contribution in [3.05, 3.63) is 247 Å². The number of benzene rings is 10. The van der Waals surface area contributed by atoms with E-state index in [1.165, 1.54) is 27.8 Å². The SMILES string of the molecule is c1ccc(-c2nc(-c3cccc(C4(c5ccccc5)c5ccccc5-c5ccccc54)c3)nc(-c3cccc4oc5ccc(-c6cccc7oc8c9ccccc9ccc8c67)cc5c34)n2)cc1. The molecule has 0 fully saturated rings. The summed E-state index contributed by atoms with van der Waals surface area (Å²) in [6, 6.07) is 79.1. The molecule has 0 saturated heterocycles. The molecule has 1 aliphatic carbocycles. The van der Waals surface area contributed by atoms with Gasteiger partial charge >= 0.3 is 0 Å². The van der Waals surface area contributed by atoms with Crippen LogP contribution in [-0.2, 0) is 5.41 Å². The number of rotatable bonds is 6. The highest BCUT2D eigenvalue weighted by Crippen LogP contribution is 2.56. The Morgan fingerprint density at radius 2 is 0.896 bits per heavy atom. The van der Waals surface area contributed by atoms with E-state index in [2.05, 4.69) is 194 Å². The molecular formula is C62H37N3O2. The van der Waals surface area contributed by atoms with E-state index < -0.39 is 5.41 Å². The Bertz CT molecular complexity index is 4070. The zero-order chi connectivity index (χ0) is 44.1. The van der Waals surface area contributed by atoms with Crippen molar-refractivity contribution in [1.29, 1.82) is 0 Å². The van der Waals surface area contributed by atoms with E-state index in [1.807, 2.05) is 30.3 Å². The highest BCUT2D eigenvalue weighted by Gasteiger charge is 2.46. The molecule has 1 aliphatic rings. The summed E-state index contributed by atoms with van der Waals surface area (Å²) >= 11 is 0. The van der Waals surface area contributed by atoms with Crippen molar-refractivity contribution in [2.24, 2.45) is 0 Å². The predicted molar refractivity (Wildman–Crippen MR) is 271 cm³/mol. The van der Waals surface area contributed by atoms with Gasteiger partial charge in [0.2, 0.25) is 0 Å². The summed E-state index contributed by atoms with van der Waals surface area (Å²) in [6.07, 6.45) is 0. The lowest BCUT2D eigenvalue weighted by Crippen LogP contribution is -2.28. The fraction of sp³-hybridized carbons (Fsp3) is 0.0161. The molecule has 5 heteroatoms. The Hall–Kier alpha value is -8.93. The Labute approximate surface area is 385 Å². The van der Waals surface area contributed by atoms with Crippen LogP contribution in [0, 0.1) is 0 Å². The third-order valence-corrected chi connectivity index (χ3v) is 13.8. The molecule has 0 radical (unpaired) electrons. The normalized spacial score (nSPS) is 12.9. The van der Waals surface area contributed by atoms with Crippen LogP contribution < -0.4 is 0 Å². The van der Waals surface area contributed by atoms with Gasteiger partial charge in [-0.15, -0.1) is 0 Å². The molecule has 10 aromatic carbocycles. The molecule has 14 rings (SSSR count). The summed E-state index contributed by atoms with van der Waals surface area (Å²) < 4.78 is 13.2. The molecule has 312 valence electrons. The summed E-state index contributed by atoms with van der Waals surface area (Å²) in [5, 5.41) is 6.36. The van der Waals surface area contributed by atoms with E-state index in [0.717, 1.165) is 88.0 Å². The molecule has 0 spiro atoms. The molecule has 3 aromatic heterocycles. The van der Waals surface area contributed by atoms with Gasteiger partial charge in [-0.2, -0.15) is 0 Å². The van der Waals surface area contributed by atoms with Crippen LogP contribution >= 0.6 is 0 Å². The van der Waals surface area contributed by atoms with Gasteiger partial charge in [0, 0.05) is 43.6 Å². The molecule has 0 saturated carbocycles. The first-order valence-corrected chi connectivity index (χ1v) is 22.7. The number of nitrogens with zero attached hydrogens (tertiary/aromatic N) is 3. The second-order valence-electron chi connectivity index (χ2n) is 17.4. The van der Waals surface area contributed by atoms with Crippen LogP contribution in [0.3, 0.4) is 0 Å². The average molecular weight is 856 g/mol. The topological polar surface area (TPSA) is 65.0 Å². The van der Waals surface area contributed by atoms with Crippen molar-refractivity contribution in [2.45, 2.75) is 5.41 Å². The summed E-state index contributed by atoms with van der Waals surface area (Å²) in [5.41, 5.74) is 14.9. The molecule has 3 heterocycles. The van der Waals surface area contributed by atoms with Crippen molar-refractivity contribution in [1.82, 2.24) is 15.0 Å². The Kier molecular flexibility index (Phi) is 8.13. The molecule has 0 N–H and O–H groups in total. The first-order chi connectivity index (χ1) is 33.2. The Morgan fingerprint density at radius 1 is 0.313 bits per heavy atom. The first kappa shape index (κ1) is 37.4. The van der Waals surface area contributed by atoms with Gasteiger partial charge in [-0.25, -0.2) is 15.0 Å². The largest absolute Gasteiger partial charge is 0.456 e. The zero-order valence-electron chi connectivity index (χ0n) is 36.0. The third kappa shape index (κ3) is 5.58. The highest BCUT2D eigenvalue weighted by molar-refractivity contribution is 6.20. The minimum absolute atomic E-state index is 0.567. The Morgan fingerprint density at radius 3 is 1.69 bits per heavy atom. The van der Waals surface area contributed by atoms with Gasteiger partial charge in [0.1, 0.15) is 22.3 Å². The number of hydrogen-bond donors (Lipinski definition) is 0. The fourth-order valence-corrected chi connectivity index (χ4v) is 10.9. The van der Waals surface area contributed by atoms with E-state index in [0.29, 0.717) is 17.5 Å². The lowest BCUT2D eigenvalue weighted by Gasteiger charge is -2.34. The maximum absolute atomic E-state index is 6.62. The van der Waals surface area contributed by atoms with Crippen molar-refractivity contribution in [2.75, 3.05) is 0 Å². The molecule has 0 atom stereocenters. The summed E-state index contributed by atoms with van der Waals surface area (Å²) in [5.74, 6) is 1.75. The van der Waals surface area contributed by atoms with Gasteiger partial charge in [-0.05, 0) is 86.3 Å². The van der Waals surface area contributed by atoms with Crippen molar-refractivity contribution < 1.29 is 8.83 Å². The summed E-state index contributed by atoms with van der Waals surface area (Å²) in [6.45, 7) is 0. The van der Waals surface area contributed by atoms with Crippen LogP contribution in [0.4, 0.5) is 0 Å². The van der Waals surface area contributed by atoms with Crippen molar-refractivity contribution in [3.63, 3.8) is 0 Å². The van der Waals surface area contributed by atoms with E-state index in [4.69, 9.17) is 23.8 Å². The molecule has 0 bridgehead atoms. The monoisotopic (exact) mass is 855 g/mol. The zero-order valence-corrected chi connectivity index (χ0v) is 36.0. The molecule has 5 nitrogen and oxygen atoms in total. The van der Waals surface area contributed by atoms with Crippen molar-refractivity contribution >= 4 is 54.6 Å². The van der Waals surface area contributed by atoms with E-state index in [-0.39, 0.29) is 0 Å². The minimum Gasteiger partial charge on any atom is -0.456 e. The average Bonchev–Trinajstić information content (AvgIpc) is 4.08. The van der Waals surface area contributed by atoms with Crippen molar-refractivity contribution in [3.8, 4) is 56.4 Å². The van der Waals surface area contributed by atoms with Crippen LogP contribution in [0.5, 0.6) is 0 Å². The van der Waals surface area contributed by atoms with E-state index in [9.17, 15) is 0 Å². The van der Waals surface area contributed by atoms with Crippen LogP contribution in [0.25, 0.3) is 111 Å². The van der Waals surface area contributed by atoms with Gasteiger partial charge in [-0.1, -0.05) is 188 Å². The van der Waals surface area contributed by atoms with Gasteiger partial charge in [-0.3, -0.25) is 0 Å². The predicted octanol–water partition coefficient (Wildman–Crippen LogP) is 15.9. The second-order valence-corrected chi connectivity index (χ2v) is 17.4. The number of hydrogen-bond acceptors (Lipinski definition) is 5. The van der Waals surface area contributed by atoms with E-state index in [1.54, 1.807) is 0 Å². The smallest absolute Gasteiger partial charge is 0.164 e. The molecule has 0 amide bonds. The number of furan rings is 2. The van der Waals surface area contributed by atoms with Crippen LogP contribution in [0.2, 0.25) is 0 Å². The maximum Gasteiger partial charge on any atom is 0.164 e. The lowest BCUT2D eigenvalue weighted by molar-refractivity contribution is 0.669. The maximum atomic E-state index is 6.62. The summed E-state index contributed by atoms with van der Waals surface area (Å²) in [4.78, 5) is 15.9. The van der Waals surface area contributed by atoms with E-state index >= 15 is 0 Å². The fourth-order valence-electron chi connectivity index (χ4n) is 10.9. The third-order valence-electron chi connectivity index (χ3n) is 13.8.